The van der Waals surface area contributed by atoms with Gasteiger partial charge in [-0.25, -0.2) is 0 Å². The molecule has 1 aliphatic rings. The molecule has 1 fully saturated rings. The second-order valence-electron chi connectivity index (χ2n) is 5.18. The Bertz CT molecular complexity index is 590. The van der Waals surface area contributed by atoms with Crippen LogP contribution in [0.15, 0.2) is 24.3 Å². The second-order valence-corrected chi connectivity index (χ2v) is 5.18. The number of carbonyl (C=O) groups is 1. The van der Waals surface area contributed by atoms with E-state index in [-0.39, 0.29) is 18.0 Å². The third-order valence-corrected chi connectivity index (χ3v) is 3.43. The van der Waals surface area contributed by atoms with Crippen molar-refractivity contribution in [3.8, 4) is 5.75 Å². The first-order valence-corrected chi connectivity index (χ1v) is 7.03. The molecule has 0 saturated carbocycles. The first-order chi connectivity index (χ1) is 11.3. The topological polar surface area (TPSA) is 149 Å². The van der Waals surface area contributed by atoms with Crippen molar-refractivity contribution in [3.05, 3.63) is 34.4 Å². The van der Waals surface area contributed by atoms with E-state index < -0.39 is 41.6 Å². The highest BCUT2D eigenvalue weighted by atomic mass is 16.7. The number of ether oxygens (including phenoxy) is 3. The van der Waals surface area contributed by atoms with Crippen molar-refractivity contribution in [3.63, 3.8) is 0 Å². The molecule has 2 rings (SSSR count). The van der Waals surface area contributed by atoms with Crippen LogP contribution in [0.2, 0.25) is 0 Å². The molecule has 0 aromatic heterocycles. The van der Waals surface area contributed by atoms with E-state index in [1.165, 1.54) is 31.2 Å². The SMILES string of the molecule is CC(=O)OC[C@H]1O[C@@H](O)[C@H](Oc2ccc([N+](=O)[O-])cc2)[C@@H](O)[C@H]1O. The van der Waals surface area contributed by atoms with Gasteiger partial charge in [-0.2, -0.15) is 0 Å². The second kappa shape index (κ2) is 7.53. The average molecular weight is 343 g/mol. The maximum atomic E-state index is 10.8. The molecular formula is C14H17NO9. The molecule has 1 heterocycles. The number of hydrogen-bond donors (Lipinski definition) is 3. The van der Waals surface area contributed by atoms with Gasteiger partial charge in [0.05, 0.1) is 4.92 Å². The molecule has 0 unspecified atom stereocenters. The van der Waals surface area contributed by atoms with Crippen LogP contribution in [0.5, 0.6) is 5.75 Å². The van der Waals surface area contributed by atoms with E-state index in [4.69, 9.17) is 9.47 Å². The van der Waals surface area contributed by atoms with E-state index in [0.717, 1.165) is 0 Å². The van der Waals surface area contributed by atoms with Crippen LogP contribution in [0.3, 0.4) is 0 Å². The lowest BCUT2D eigenvalue weighted by Gasteiger charge is -2.40. The zero-order valence-electron chi connectivity index (χ0n) is 12.6. The van der Waals surface area contributed by atoms with Gasteiger partial charge in [-0.05, 0) is 12.1 Å². The van der Waals surface area contributed by atoms with Gasteiger partial charge in [0.25, 0.3) is 5.69 Å². The number of aliphatic hydroxyl groups is 3. The maximum Gasteiger partial charge on any atom is 0.302 e. The number of esters is 1. The van der Waals surface area contributed by atoms with Crippen LogP contribution in [-0.2, 0) is 14.3 Å². The Morgan fingerprint density at radius 1 is 1.25 bits per heavy atom. The molecule has 0 bridgehead atoms. The number of rotatable bonds is 5. The van der Waals surface area contributed by atoms with Gasteiger partial charge in [0.15, 0.2) is 12.4 Å². The highest BCUT2D eigenvalue weighted by molar-refractivity contribution is 5.65. The van der Waals surface area contributed by atoms with Crippen LogP contribution in [0.25, 0.3) is 0 Å². The third kappa shape index (κ3) is 4.17. The Kier molecular flexibility index (Phi) is 5.67. The molecule has 0 amide bonds. The minimum atomic E-state index is -1.60. The first kappa shape index (κ1) is 18.1. The van der Waals surface area contributed by atoms with Crippen LogP contribution in [0.4, 0.5) is 5.69 Å². The van der Waals surface area contributed by atoms with E-state index in [0.29, 0.717) is 0 Å². The predicted molar refractivity (Wildman–Crippen MR) is 77.0 cm³/mol. The van der Waals surface area contributed by atoms with Gasteiger partial charge in [0.1, 0.15) is 30.7 Å². The molecule has 0 spiro atoms. The number of benzene rings is 1. The molecule has 1 aromatic carbocycles. The van der Waals surface area contributed by atoms with E-state index in [1.807, 2.05) is 0 Å². The number of hydrogen-bond acceptors (Lipinski definition) is 9. The van der Waals surface area contributed by atoms with Crippen molar-refractivity contribution in [1.29, 1.82) is 0 Å². The summed E-state index contributed by atoms with van der Waals surface area (Å²) < 4.78 is 15.1. The molecular weight excluding hydrogens is 326 g/mol. The Morgan fingerprint density at radius 2 is 1.88 bits per heavy atom. The summed E-state index contributed by atoms with van der Waals surface area (Å²) in [7, 11) is 0. The van der Waals surface area contributed by atoms with Crippen LogP contribution < -0.4 is 4.74 Å². The van der Waals surface area contributed by atoms with Gasteiger partial charge in [0, 0.05) is 19.1 Å². The normalized spacial score (nSPS) is 29.8. The lowest BCUT2D eigenvalue weighted by molar-refractivity contribution is -0.384. The number of non-ortho nitro benzene ring substituents is 1. The lowest BCUT2D eigenvalue weighted by atomic mass is 9.99. The summed E-state index contributed by atoms with van der Waals surface area (Å²) in [6.45, 7) is 0.831. The molecule has 1 saturated heterocycles. The van der Waals surface area contributed by atoms with Crippen LogP contribution in [-0.4, -0.2) is 63.5 Å². The number of nitro benzene ring substituents is 1. The predicted octanol–water partition coefficient (Wildman–Crippen LogP) is -0.656. The Morgan fingerprint density at radius 3 is 2.42 bits per heavy atom. The Balaban J connectivity index is 2.03. The summed E-state index contributed by atoms with van der Waals surface area (Å²) in [6, 6.07) is 4.96. The van der Waals surface area contributed by atoms with Crippen molar-refractivity contribution in [2.75, 3.05) is 6.61 Å². The largest absolute Gasteiger partial charge is 0.482 e. The summed E-state index contributed by atoms with van der Waals surface area (Å²) >= 11 is 0. The van der Waals surface area contributed by atoms with Gasteiger partial charge in [-0.3, -0.25) is 14.9 Å². The van der Waals surface area contributed by atoms with Gasteiger partial charge in [0.2, 0.25) is 0 Å². The Hall–Kier alpha value is -2.27. The average Bonchev–Trinajstić information content (AvgIpc) is 2.54. The fourth-order valence-electron chi connectivity index (χ4n) is 2.19. The highest BCUT2D eigenvalue weighted by Gasteiger charge is 2.45. The lowest BCUT2D eigenvalue weighted by Crippen LogP contribution is -2.60. The fraction of sp³-hybridized carbons (Fsp3) is 0.500. The van der Waals surface area contributed by atoms with E-state index in [9.17, 15) is 30.2 Å². The smallest absolute Gasteiger partial charge is 0.302 e. The highest BCUT2D eigenvalue weighted by Crippen LogP contribution is 2.26. The molecule has 0 aliphatic carbocycles. The fourth-order valence-corrected chi connectivity index (χ4v) is 2.19. The molecule has 10 nitrogen and oxygen atoms in total. The quantitative estimate of drug-likeness (QED) is 0.360. The van der Waals surface area contributed by atoms with E-state index in [1.54, 1.807) is 0 Å². The number of nitro groups is 1. The van der Waals surface area contributed by atoms with Crippen LogP contribution >= 0.6 is 0 Å². The molecule has 3 N–H and O–H groups in total. The standard InChI is InChI=1S/C14H17NO9/c1-7(16)22-6-10-11(17)12(18)13(14(19)24-10)23-9-4-2-8(3-5-9)15(20)21/h2-5,10-14,17-19H,6H2,1H3/t10-,11+,12+,13-,14-/m1/s1. The van der Waals surface area contributed by atoms with Crippen molar-refractivity contribution in [2.45, 2.75) is 37.6 Å². The first-order valence-electron chi connectivity index (χ1n) is 7.03. The molecule has 0 radical (unpaired) electrons. The molecule has 1 aliphatic heterocycles. The summed E-state index contributed by atoms with van der Waals surface area (Å²) in [5, 5.41) is 40.6. The molecule has 5 atom stereocenters. The van der Waals surface area contributed by atoms with E-state index >= 15 is 0 Å². The monoisotopic (exact) mass is 343 g/mol. The maximum absolute atomic E-state index is 10.8. The minimum absolute atomic E-state index is 0.137. The number of aliphatic hydroxyl groups excluding tert-OH is 3. The zero-order valence-corrected chi connectivity index (χ0v) is 12.6. The summed E-state index contributed by atoms with van der Waals surface area (Å²) in [6.07, 6.45) is -7.02. The van der Waals surface area contributed by atoms with Crippen LogP contribution in [0, 0.1) is 10.1 Å². The van der Waals surface area contributed by atoms with Gasteiger partial charge in [-0.15, -0.1) is 0 Å². The molecule has 10 heteroatoms. The van der Waals surface area contributed by atoms with Crippen LogP contribution in [0.1, 0.15) is 6.92 Å². The number of carbonyl (C=O) groups excluding carboxylic acids is 1. The molecule has 24 heavy (non-hydrogen) atoms. The van der Waals surface area contributed by atoms with Crippen molar-refractivity contribution < 1.29 is 39.2 Å². The van der Waals surface area contributed by atoms with E-state index in [2.05, 4.69) is 4.74 Å². The van der Waals surface area contributed by atoms with Gasteiger partial charge in [-0.1, -0.05) is 0 Å². The summed E-state index contributed by atoms with van der Waals surface area (Å²) in [4.78, 5) is 20.8. The molecule has 1 aromatic rings. The van der Waals surface area contributed by atoms with Crippen molar-refractivity contribution in [1.82, 2.24) is 0 Å². The zero-order chi connectivity index (χ0) is 17.9. The number of nitrogens with zero attached hydrogens (tertiary/aromatic N) is 1. The van der Waals surface area contributed by atoms with Crippen molar-refractivity contribution >= 4 is 11.7 Å². The van der Waals surface area contributed by atoms with Gasteiger partial charge >= 0.3 is 5.97 Å². The summed E-state index contributed by atoms with van der Waals surface area (Å²) in [5.74, 6) is -0.461. The van der Waals surface area contributed by atoms with Crippen molar-refractivity contribution in [2.24, 2.45) is 0 Å². The third-order valence-electron chi connectivity index (χ3n) is 3.43. The minimum Gasteiger partial charge on any atom is -0.482 e. The summed E-state index contributed by atoms with van der Waals surface area (Å²) in [5.41, 5.74) is -0.148. The van der Waals surface area contributed by atoms with Gasteiger partial charge < -0.3 is 29.5 Å². The Labute approximate surface area is 136 Å². The molecule has 132 valence electrons.